The van der Waals surface area contributed by atoms with E-state index in [4.69, 9.17) is 9.47 Å². The smallest absolute Gasteiger partial charge is 0.259 e. The molecule has 0 spiro atoms. The number of hydrogen-bond donors (Lipinski definition) is 2. The van der Waals surface area contributed by atoms with Crippen molar-refractivity contribution < 1.29 is 19.1 Å². The molecule has 25 heavy (non-hydrogen) atoms. The quantitative estimate of drug-likeness (QED) is 0.771. The lowest BCUT2D eigenvalue weighted by atomic mass is 9.78. The van der Waals surface area contributed by atoms with Gasteiger partial charge in [0, 0.05) is 26.9 Å². The van der Waals surface area contributed by atoms with E-state index in [9.17, 15) is 9.59 Å². The topological polar surface area (TPSA) is 79.9 Å². The Hall–Kier alpha value is -2.12. The van der Waals surface area contributed by atoms with Crippen LogP contribution < -0.4 is 15.4 Å². The van der Waals surface area contributed by atoms with Crippen molar-refractivity contribution in [2.24, 2.45) is 5.41 Å². The summed E-state index contributed by atoms with van der Waals surface area (Å²) in [6.07, 6.45) is 1.50. The van der Waals surface area contributed by atoms with E-state index in [2.05, 4.69) is 10.6 Å². The SMILES string of the molecule is COCC1(C(=O)Nc2ccc(OCC(=O)N(C)C)cc2)CCNCC1. The maximum atomic E-state index is 12.8. The molecule has 138 valence electrons. The number of nitrogens with zero attached hydrogens (tertiary/aromatic N) is 1. The van der Waals surface area contributed by atoms with E-state index in [-0.39, 0.29) is 18.4 Å². The Morgan fingerprint density at radius 2 is 1.84 bits per heavy atom. The van der Waals surface area contributed by atoms with Gasteiger partial charge in [0.25, 0.3) is 5.91 Å². The number of ether oxygens (including phenoxy) is 2. The van der Waals surface area contributed by atoms with Crippen LogP contribution >= 0.6 is 0 Å². The van der Waals surface area contributed by atoms with E-state index in [0.717, 1.165) is 25.9 Å². The predicted molar refractivity (Wildman–Crippen MR) is 95.7 cm³/mol. The maximum absolute atomic E-state index is 12.8. The Labute approximate surface area is 148 Å². The fourth-order valence-corrected chi connectivity index (χ4v) is 2.79. The summed E-state index contributed by atoms with van der Waals surface area (Å²) in [5, 5.41) is 6.24. The van der Waals surface area contributed by atoms with E-state index in [0.29, 0.717) is 18.0 Å². The first-order valence-electron chi connectivity index (χ1n) is 8.41. The fraction of sp³-hybridized carbons (Fsp3) is 0.556. The van der Waals surface area contributed by atoms with Crippen molar-refractivity contribution in [2.45, 2.75) is 12.8 Å². The second kappa shape index (κ2) is 8.82. The first kappa shape index (κ1) is 19.2. The number of methoxy groups -OCH3 is 1. The number of likely N-dealkylation sites (N-methyl/N-ethyl adjacent to an activating group) is 1. The fourth-order valence-electron chi connectivity index (χ4n) is 2.79. The Morgan fingerprint density at radius 3 is 2.40 bits per heavy atom. The van der Waals surface area contributed by atoms with Gasteiger partial charge in [-0.15, -0.1) is 0 Å². The third-order valence-corrected chi connectivity index (χ3v) is 4.44. The average molecular weight is 349 g/mol. The predicted octanol–water partition coefficient (Wildman–Crippen LogP) is 1.11. The van der Waals surface area contributed by atoms with Gasteiger partial charge in [-0.2, -0.15) is 0 Å². The summed E-state index contributed by atoms with van der Waals surface area (Å²) in [6.45, 7) is 2.02. The van der Waals surface area contributed by atoms with E-state index in [1.165, 1.54) is 4.90 Å². The Morgan fingerprint density at radius 1 is 1.20 bits per heavy atom. The van der Waals surface area contributed by atoms with Crippen molar-refractivity contribution in [2.75, 3.05) is 52.8 Å². The lowest BCUT2D eigenvalue weighted by Gasteiger charge is -2.35. The van der Waals surface area contributed by atoms with Crippen LogP contribution in [0.15, 0.2) is 24.3 Å². The summed E-state index contributed by atoms with van der Waals surface area (Å²) in [5.74, 6) is 0.457. The third kappa shape index (κ3) is 5.17. The number of amides is 2. The molecule has 2 amide bonds. The molecule has 0 aromatic heterocycles. The molecule has 1 aromatic rings. The molecule has 0 bridgehead atoms. The highest BCUT2D eigenvalue weighted by Crippen LogP contribution is 2.31. The van der Waals surface area contributed by atoms with Crippen LogP contribution in [0.3, 0.4) is 0 Å². The molecule has 2 N–H and O–H groups in total. The Balaban J connectivity index is 1.95. The largest absolute Gasteiger partial charge is 0.484 e. The molecule has 7 heteroatoms. The monoisotopic (exact) mass is 349 g/mol. The molecule has 7 nitrogen and oxygen atoms in total. The van der Waals surface area contributed by atoms with Crippen molar-refractivity contribution in [3.8, 4) is 5.75 Å². The summed E-state index contributed by atoms with van der Waals surface area (Å²) in [4.78, 5) is 25.8. The Kier molecular flexibility index (Phi) is 6.78. The van der Waals surface area contributed by atoms with Gasteiger partial charge in [-0.1, -0.05) is 0 Å². The molecule has 1 heterocycles. The van der Waals surface area contributed by atoms with Crippen LogP contribution in [0.2, 0.25) is 0 Å². The van der Waals surface area contributed by atoms with Crippen LogP contribution in [-0.2, 0) is 14.3 Å². The summed E-state index contributed by atoms with van der Waals surface area (Å²) >= 11 is 0. The van der Waals surface area contributed by atoms with Gasteiger partial charge in [0.15, 0.2) is 6.61 Å². The molecule has 0 radical (unpaired) electrons. The molecular formula is C18H27N3O4. The third-order valence-electron chi connectivity index (χ3n) is 4.44. The van der Waals surface area contributed by atoms with Gasteiger partial charge in [0.1, 0.15) is 5.75 Å². The van der Waals surface area contributed by atoms with Gasteiger partial charge in [0.05, 0.1) is 12.0 Å². The molecule has 0 saturated carbocycles. The van der Waals surface area contributed by atoms with E-state index < -0.39 is 5.41 Å². The average Bonchev–Trinajstić information content (AvgIpc) is 2.61. The lowest BCUT2D eigenvalue weighted by molar-refractivity contribution is -0.131. The minimum Gasteiger partial charge on any atom is -0.484 e. The first-order chi connectivity index (χ1) is 12.0. The highest BCUT2D eigenvalue weighted by Gasteiger charge is 2.39. The molecule has 0 atom stereocenters. The zero-order valence-electron chi connectivity index (χ0n) is 15.1. The normalized spacial score (nSPS) is 16.1. The molecule has 1 saturated heterocycles. The highest BCUT2D eigenvalue weighted by atomic mass is 16.5. The number of anilines is 1. The number of benzene rings is 1. The molecule has 1 fully saturated rings. The number of piperidine rings is 1. The van der Waals surface area contributed by atoms with Gasteiger partial charge in [-0.25, -0.2) is 0 Å². The van der Waals surface area contributed by atoms with Crippen LogP contribution in [-0.4, -0.2) is 64.2 Å². The zero-order chi connectivity index (χ0) is 18.3. The molecule has 1 aliphatic rings. The summed E-state index contributed by atoms with van der Waals surface area (Å²) in [6, 6.07) is 7.03. The summed E-state index contributed by atoms with van der Waals surface area (Å²) in [7, 11) is 4.99. The van der Waals surface area contributed by atoms with Gasteiger partial charge >= 0.3 is 0 Å². The van der Waals surface area contributed by atoms with Crippen molar-refractivity contribution in [1.29, 1.82) is 0 Å². The second-order valence-corrected chi connectivity index (χ2v) is 6.52. The van der Waals surface area contributed by atoms with Crippen molar-refractivity contribution in [3.63, 3.8) is 0 Å². The van der Waals surface area contributed by atoms with Crippen LogP contribution in [0.4, 0.5) is 5.69 Å². The van der Waals surface area contributed by atoms with Crippen LogP contribution in [0.25, 0.3) is 0 Å². The van der Waals surface area contributed by atoms with Crippen LogP contribution in [0, 0.1) is 5.41 Å². The van der Waals surface area contributed by atoms with Crippen molar-refractivity contribution in [1.82, 2.24) is 10.2 Å². The van der Waals surface area contributed by atoms with Crippen LogP contribution in [0.5, 0.6) is 5.75 Å². The van der Waals surface area contributed by atoms with Crippen molar-refractivity contribution in [3.05, 3.63) is 24.3 Å². The first-order valence-corrected chi connectivity index (χ1v) is 8.41. The summed E-state index contributed by atoms with van der Waals surface area (Å²) in [5.41, 5.74) is 0.207. The lowest BCUT2D eigenvalue weighted by Crippen LogP contribution is -2.47. The van der Waals surface area contributed by atoms with E-state index >= 15 is 0 Å². The van der Waals surface area contributed by atoms with E-state index in [1.807, 2.05) is 0 Å². The van der Waals surface area contributed by atoms with Gasteiger partial charge < -0.3 is 25.0 Å². The molecule has 0 aliphatic carbocycles. The van der Waals surface area contributed by atoms with Crippen LogP contribution in [0.1, 0.15) is 12.8 Å². The summed E-state index contributed by atoms with van der Waals surface area (Å²) < 4.78 is 10.7. The standard InChI is InChI=1S/C18H27N3O4/c1-21(2)16(22)12-25-15-6-4-14(5-7-15)20-17(23)18(13-24-3)8-10-19-11-9-18/h4-7,19H,8-13H2,1-3H3,(H,20,23). The number of hydrogen-bond acceptors (Lipinski definition) is 5. The van der Waals surface area contributed by atoms with Gasteiger partial charge in [-0.05, 0) is 50.2 Å². The minimum atomic E-state index is -0.493. The highest BCUT2D eigenvalue weighted by molar-refractivity contribution is 5.95. The molecule has 2 rings (SSSR count). The number of carbonyl (C=O) groups excluding carboxylic acids is 2. The minimum absolute atomic E-state index is 0.0113. The Bertz CT molecular complexity index is 575. The maximum Gasteiger partial charge on any atom is 0.259 e. The number of carbonyl (C=O) groups is 2. The van der Waals surface area contributed by atoms with Gasteiger partial charge in [0.2, 0.25) is 5.91 Å². The number of nitrogens with one attached hydrogen (secondary N) is 2. The zero-order valence-corrected chi connectivity index (χ0v) is 15.1. The molecular weight excluding hydrogens is 322 g/mol. The second-order valence-electron chi connectivity index (χ2n) is 6.52. The van der Waals surface area contributed by atoms with Crippen molar-refractivity contribution >= 4 is 17.5 Å². The number of rotatable bonds is 7. The van der Waals surface area contributed by atoms with E-state index in [1.54, 1.807) is 45.5 Å². The van der Waals surface area contributed by atoms with Gasteiger partial charge in [-0.3, -0.25) is 9.59 Å². The molecule has 0 unspecified atom stereocenters. The molecule has 1 aliphatic heterocycles. The molecule has 1 aromatic carbocycles.